The van der Waals surface area contributed by atoms with Crippen LogP contribution >= 0.6 is 11.8 Å². The SMILES string of the molecule is CC(C)NC1c2cc(F)c(F)cc2SC(C)C1C. The molecule has 100 valence electrons. The van der Waals surface area contributed by atoms with E-state index in [9.17, 15) is 8.78 Å². The van der Waals surface area contributed by atoms with E-state index in [4.69, 9.17) is 0 Å². The van der Waals surface area contributed by atoms with Crippen LogP contribution < -0.4 is 5.32 Å². The standard InChI is InChI=1S/C14H19F2NS/c1-7(2)17-14-8(3)9(4)18-13-6-12(16)11(15)5-10(13)14/h5-9,14,17H,1-4H3. The Morgan fingerprint density at radius 2 is 1.78 bits per heavy atom. The summed E-state index contributed by atoms with van der Waals surface area (Å²) in [5, 5.41) is 3.85. The molecule has 1 nitrogen and oxygen atoms in total. The van der Waals surface area contributed by atoms with Gasteiger partial charge in [0.25, 0.3) is 0 Å². The smallest absolute Gasteiger partial charge is 0.159 e. The van der Waals surface area contributed by atoms with Gasteiger partial charge in [0.2, 0.25) is 0 Å². The maximum Gasteiger partial charge on any atom is 0.159 e. The molecule has 3 unspecified atom stereocenters. The Kier molecular flexibility index (Phi) is 3.97. The Balaban J connectivity index is 2.45. The van der Waals surface area contributed by atoms with Crippen molar-refractivity contribution in [2.24, 2.45) is 5.92 Å². The number of hydrogen-bond donors (Lipinski definition) is 1. The maximum absolute atomic E-state index is 13.4. The van der Waals surface area contributed by atoms with Crippen LogP contribution in [0.25, 0.3) is 0 Å². The van der Waals surface area contributed by atoms with Crippen molar-refractivity contribution >= 4 is 11.8 Å². The van der Waals surface area contributed by atoms with E-state index in [1.807, 2.05) is 0 Å². The van der Waals surface area contributed by atoms with Crippen molar-refractivity contribution in [3.05, 3.63) is 29.3 Å². The summed E-state index contributed by atoms with van der Waals surface area (Å²) in [5.74, 6) is -1.13. The van der Waals surface area contributed by atoms with Crippen LogP contribution in [0.15, 0.2) is 17.0 Å². The van der Waals surface area contributed by atoms with E-state index in [0.717, 1.165) is 10.5 Å². The van der Waals surface area contributed by atoms with Crippen molar-refractivity contribution in [3.8, 4) is 0 Å². The summed E-state index contributed by atoms with van der Waals surface area (Å²) in [6.07, 6.45) is 0. The van der Waals surface area contributed by atoms with E-state index < -0.39 is 11.6 Å². The zero-order valence-electron chi connectivity index (χ0n) is 11.1. The van der Waals surface area contributed by atoms with Gasteiger partial charge >= 0.3 is 0 Å². The van der Waals surface area contributed by atoms with Crippen LogP contribution in [0.3, 0.4) is 0 Å². The summed E-state index contributed by atoms with van der Waals surface area (Å²) in [4.78, 5) is 0.859. The van der Waals surface area contributed by atoms with Crippen molar-refractivity contribution < 1.29 is 8.78 Å². The second-order valence-corrected chi connectivity index (χ2v) is 6.70. The number of nitrogens with one attached hydrogen (secondary N) is 1. The summed E-state index contributed by atoms with van der Waals surface area (Å²) in [6, 6.07) is 3.08. The van der Waals surface area contributed by atoms with Crippen molar-refractivity contribution in [2.45, 2.75) is 49.9 Å². The first kappa shape index (κ1) is 13.8. The van der Waals surface area contributed by atoms with Gasteiger partial charge in [0.15, 0.2) is 11.6 Å². The molecule has 1 N–H and O–H groups in total. The number of halogens is 2. The minimum atomic E-state index is -0.758. The predicted octanol–water partition coefficient (Wildman–Crippen LogP) is 4.13. The molecule has 0 bridgehead atoms. The molecular formula is C14H19F2NS. The average Bonchev–Trinajstić information content (AvgIpc) is 2.28. The third kappa shape index (κ3) is 2.54. The molecule has 18 heavy (non-hydrogen) atoms. The van der Waals surface area contributed by atoms with Crippen molar-refractivity contribution in [3.63, 3.8) is 0 Å². The summed E-state index contributed by atoms with van der Waals surface area (Å²) in [5.41, 5.74) is 0.887. The monoisotopic (exact) mass is 271 g/mol. The van der Waals surface area contributed by atoms with E-state index >= 15 is 0 Å². The van der Waals surface area contributed by atoms with E-state index in [1.165, 1.54) is 12.1 Å². The Morgan fingerprint density at radius 1 is 1.17 bits per heavy atom. The summed E-state index contributed by atoms with van der Waals surface area (Å²) >= 11 is 1.63. The maximum atomic E-state index is 13.4. The molecule has 0 aliphatic carbocycles. The third-order valence-corrected chi connectivity index (χ3v) is 4.89. The molecule has 0 spiro atoms. The zero-order chi connectivity index (χ0) is 13.4. The van der Waals surface area contributed by atoms with E-state index in [0.29, 0.717) is 17.2 Å². The highest BCUT2D eigenvalue weighted by Gasteiger charge is 2.33. The van der Waals surface area contributed by atoms with Gasteiger partial charge < -0.3 is 5.32 Å². The van der Waals surface area contributed by atoms with Gasteiger partial charge in [-0.1, -0.05) is 27.7 Å². The van der Waals surface area contributed by atoms with Crippen molar-refractivity contribution in [1.82, 2.24) is 5.32 Å². The Bertz CT molecular complexity index is 448. The predicted molar refractivity (Wildman–Crippen MR) is 71.9 cm³/mol. The van der Waals surface area contributed by atoms with Crippen LogP contribution in [0.2, 0.25) is 0 Å². The number of benzene rings is 1. The topological polar surface area (TPSA) is 12.0 Å². The average molecular weight is 271 g/mol. The second kappa shape index (κ2) is 5.17. The fraction of sp³-hybridized carbons (Fsp3) is 0.571. The molecule has 0 aromatic heterocycles. The lowest BCUT2D eigenvalue weighted by Gasteiger charge is -2.37. The Morgan fingerprint density at radius 3 is 2.39 bits per heavy atom. The van der Waals surface area contributed by atoms with Crippen molar-refractivity contribution in [1.29, 1.82) is 0 Å². The highest BCUT2D eigenvalue weighted by atomic mass is 32.2. The van der Waals surface area contributed by atoms with Gasteiger partial charge in [0.1, 0.15) is 0 Å². The summed E-state index contributed by atoms with van der Waals surface area (Å²) < 4.78 is 26.7. The number of fused-ring (bicyclic) bond motifs is 1. The number of rotatable bonds is 2. The molecule has 0 saturated carbocycles. The molecule has 1 aliphatic rings. The first-order valence-electron chi connectivity index (χ1n) is 6.31. The fourth-order valence-electron chi connectivity index (χ4n) is 2.35. The molecule has 3 atom stereocenters. The molecule has 0 saturated heterocycles. The number of hydrogen-bond acceptors (Lipinski definition) is 2. The second-order valence-electron chi connectivity index (χ2n) is 5.29. The quantitative estimate of drug-likeness (QED) is 0.868. The minimum absolute atomic E-state index is 0.0892. The number of thioether (sulfide) groups is 1. The molecule has 1 aromatic rings. The fourth-order valence-corrected chi connectivity index (χ4v) is 3.62. The van der Waals surface area contributed by atoms with Crippen LogP contribution in [0.4, 0.5) is 8.78 Å². The lowest BCUT2D eigenvalue weighted by molar-refractivity contribution is 0.345. The molecule has 1 heterocycles. The van der Waals surface area contributed by atoms with E-state index in [1.54, 1.807) is 11.8 Å². The zero-order valence-corrected chi connectivity index (χ0v) is 11.9. The normalized spacial score (nSPS) is 27.4. The van der Waals surface area contributed by atoms with Crippen LogP contribution in [0.1, 0.15) is 39.3 Å². The Labute approximate surface area is 111 Å². The molecule has 2 rings (SSSR count). The van der Waals surface area contributed by atoms with E-state index in [-0.39, 0.29) is 6.04 Å². The van der Waals surface area contributed by atoms with Gasteiger partial charge in [-0.2, -0.15) is 0 Å². The molecule has 0 fully saturated rings. The molecule has 4 heteroatoms. The molecule has 1 aromatic carbocycles. The van der Waals surface area contributed by atoms with Crippen LogP contribution in [-0.2, 0) is 0 Å². The highest BCUT2D eigenvalue weighted by molar-refractivity contribution is 8.00. The first-order chi connectivity index (χ1) is 8.40. The summed E-state index contributed by atoms with van der Waals surface area (Å²) in [7, 11) is 0. The molecular weight excluding hydrogens is 252 g/mol. The lowest BCUT2D eigenvalue weighted by atomic mass is 9.90. The molecule has 0 radical (unpaired) electrons. The summed E-state index contributed by atoms with van der Waals surface area (Å²) in [6.45, 7) is 8.42. The van der Waals surface area contributed by atoms with Gasteiger partial charge in [0, 0.05) is 22.2 Å². The van der Waals surface area contributed by atoms with Gasteiger partial charge in [0.05, 0.1) is 0 Å². The Hall–Kier alpha value is -0.610. The van der Waals surface area contributed by atoms with Gasteiger partial charge in [-0.25, -0.2) is 8.78 Å². The van der Waals surface area contributed by atoms with Crippen LogP contribution in [0.5, 0.6) is 0 Å². The highest BCUT2D eigenvalue weighted by Crippen LogP contribution is 2.44. The van der Waals surface area contributed by atoms with Gasteiger partial charge in [-0.15, -0.1) is 11.8 Å². The van der Waals surface area contributed by atoms with Gasteiger partial charge in [-0.05, 0) is 23.6 Å². The molecule has 0 amide bonds. The molecule has 1 aliphatic heterocycles. The van der Waals surface area contributed by atoms with Crippen LogP contribution in [0, 0.1) is 17.6 Å². The largest absolute Gasteiger partial charge is 0.307 e. The lowest BCUT2D eigenvalue weighted by Crippen LogP contribution is -2.38. The van der Waals surface area contributed by atoms with Crippen LogP contribution in [-0.4, -0.2) is 11.3 Å². The van der Waals surface area contributed by atoms with Gasteiger partial charge in [-0.3, -0.25) is 0 Å². The van der Waals surface area contributed by atoms with E-state index in [2.05, 4.69) is 33.0 Å². The van der Waals surface area contributed by atoms with Crippen molar-refractivity contribution in [2.75, 3.05) is 0 Å². The first-order valence-corrected chi connectivity index (χ1v) is 7.19. The minimum Gasteiger partial charge on any atom is -0.307 e. The third-order valence-electron chi connectivity index (χ3n) is 3.48.